The maximum atomic E-state index is 12.9. The summed E-state index contributed by atoms with van der Waals surface area (Å²) in [6, 6.07) is 5.23. The van der Waals surface area contributed by atoms with Gasteiger partial charge in [-0.2, -0.15) is 0 Å². The van der Waals surface area contributed by atoms with Crippen molar-refractivity contribution >= 4 is 46.8 Å². The van der Waals surface area contributed by atoms with Crippen LogP contribution in [-0.2, 0) is 20.6 Å². The highest BCUT2D eigenvalue weighted by atomic mass is 35.5. The molecule has 0 N–H and O–H groups in total. The molecule has 2 aromatic heterocycles. The highest BCUT2D eigenvalue weighted by molar-refractivity contribution is 6.42. The van der Waals surface area contributed by atoms with Gasteiger partial charge in [0.1, 0.15) is 5.82 Å². The van der Waals surface area contributed by atoms with Gasteiger partial charge in [-0.1, -0.05) is 37.0 Å². The molecular weight excluding hydrogens is 437 g/mol. The molecule has 10 heteroatoms. The normalized spacial score (nSPS) is 11.3. The number of rotatable bonds is 6. The molecular formula is C19H24Cl3N5O2. The Balaban J connectivity index is 0.00000300. The fourth-order valence-corrected chi connectivity index (χ4v) is 3.60. The molecule has 0 aliphatic heterocycles. The largest absolute Gasteiger partial charge is 0.332 e. The number of fused-ring (bicyclic) bond motifs is 1. The van der Waals surface area contributed by atoms with Crippen molar-refractivity contribution in [1.82, 2.24) is 23.6 Å². The predicted molar refractivity (Wildman–Crippen MR) is 121 cm³/mol. The Hall–Kier alpha value is -1.80. The fraction of sp³-hybridized carbons (Fsp3) is 0.421. The van der Waals surface area contributed by atoms with Crippen LogP contribution in [0, 0.1) is 0 Å². The Morgan fingerprint density at radius 1 is 1.03 bits per heavy atom. The summed E-state index contributed by atoms with van der Waals surface area (Å²) in [5, 5.41) is 0.850. The van der Waals surface area contributed by atoms with Crippen LogP contribution in [0.4, 0.5) is 0 Å². The molecule has 2 heterocycles. The van der Waals surface area contributed by atoms with Gasteiger partial charge in [-0.3, -0.25) is 13.9 Å². The van der Waals surface area contributed by atoms with Gasteiger partial charge in [0.2, 0.25) is 0 Å². The van der Waals surface area contributed by atoms with Crippen molar-refractivity contribution in [3.05, 3.63) is 49.1 Å². The lowest BCUT2D eigenvalue weighted by Crippen LogP contribution is -2.38. The van der Waals surface area contributed by atoms with E-state index in [1.165, 1.54) is 11.6 Å². The summed E-state index contributed by atoms with van der Waals surface area (Å²) in [5.41, 5.74) is 0.717. The third kappa shape index (κ3) is 4.23. The Kier molecular flexibility index (Phi) is 7.56. The maximum Gasteiger partial charge on any atom is 0.332 e. The number of imidazole rings is 1. The first kappa shape index (κ1) is 23.5. The van der Waals surface area contributed by atoms with Crippen LogP contribution in [0.15, 0.2) is 27.8 Å². The van der Waals surface area contributed by atoms with Crippen LogP contribution in [0.25, 0.3) is 22.6 Å². The number of hydrogen-bond donors (Lipinski definition) is 0. The third-order valence-corrected chi connectivity index (χ3v) is 5.80. The lowest BCUT2D eigenvalue weighted by Gasteiger charge is -2.19. The van der Waals surface area contributed by atoms with Crippen LogP contribution in [-0.4, -0.2) is 43.2 Å². The summed E-state index contributed by atoms with van der Waals surface area (Å²) in [6.07, 6.45) is 0. The van der Waals surface area contributed by atoms with E-state index in [1.807, 2.05) is 10.6 Å². The summed E-state index contributed by atoms with van der Waals surface area (Å²) in [4.78, 5) is 32.1. The average molecular weight is 461 g/mol. The number of nitrogens with zero attached hydrogens (tertiary/aromatic N) is 5. The first-order chi connectivity index (χ1) is 13.3. The molecule has 0 radical (unpaired) electrons. The van der Waals surface area contributed by atoms with Gasteiger partial charge in [-0.25, -0.2) is 9.78 Å². The summed E-state index contributed by atoms with van der Waals surface area (Å²) in [6.45, 7) is 7.31. The molecule has 0 fully saturated rings. The molecule has 0 aliphatic carbocycles. The van der Waals surface area contributed by atoms with E-state index in [1.54, 1.807) is 19.2 Å². The molecule has 3 rings (SSSR count). The van der Waals surface area contributed by atoms with Gasteiger partial charge >= 0.3 is 5.69 Å². The second-order valence-electron chi connectivity index (χ2n) is 6.62. The molecule has 7 nitrogen and oxygen atoms in total. The molecule has 0 amide bonds. The molecule has 1 aromatic carbocycles. The van der Waals surface area contributed by atoms with Crippen molar-refractivity contribution < 1.29 is 0 Å². The van der Waals surface area contributed by atoms with Gasteiger partial charge < -0.3 is 9.47 Å². The van der Waals surface area contributed by atoms with Crippen LogP contribution in [0.3, 0.4) is 0 Å². The minimum Gasteiger partial charge on any atom is -0.317 e. The molecule has 0 atom stereocenters. The van der Waals surface area contributed by atoms with Gasteiger partial charge in [0.05, 0.1) is 10.0 Å². The lowest BCUT2D eigenvalue weighted by molar-refractivity contribution is 0.292. The molecule has 0 unspecified atom stereocenters. The number of aryl methyl sites for hydroxylation is 1. The zero-order valence-corrected chi connectivity index (χ0v) is 19.1. The van der Waals surface area contributed by atoms with Gasteiger partial charge in [0, 0.05) is 32.7 Å². The average Bonchev–Trinajstić information content (AvgIpc) is 3.07. The van der Waals surface area contributed by atoms with Gasteiger partial charge in [0.25, 0.3) is 5.56 Å². The summed E-state index contributed by atoms with van der Waals surface area (Å²) in [7, 11) is 3.09. The lowest BCUT2D eigenvalue weighted by atomic mass is 10.2. The van der Waals surface area contributed by atoms with E-state index in [4.69, 9.17) is 23.2 Å². The number of benzene rings is 1. The second kappa shape index (κ2) is 9.34. The topological polar surface area (TPSA) is 65.1 Å². The molecule has 29 heavy (non-hydrogen) atoms. The van der Waals surface area contributed by atoms with Crippen LogP contribution in [0.1, 0.15) is 13.8 Å². The Morgan fingerprint density at radius 3 is 2.28 bits per heavy atom. The van der Waals surface area contributed by atoms with E-state index >= 15 is 0 Å². The SMILES string of the molecule is CCN(CC)CCn1c(-c2ccc(Cl)c(Cl)c2)nc2c1c(=O)n(C)c(=O)n2C.Cl. The molecule has 0 saturated carbocycles. The molecule has 3 aromatic rings. The Labute approximate surface area is 184 Å². The zero-order valence-electron chi connectivity index (χ0n) is 16.8. The van der Waals surface area contributed by atoms with E-state index in [0.717, 1.165) is 29.8 Å². The van der Waals surface area contributed by atoms with E-state index < -0.39 is 5.69 Å². The van der Waals surface area contributed by atoms with Crippen molar-refractivity contribution in [2.24, 2.45) is 14.1 Å². The van der Waals surface area contributed by atoms with Gasteiger partial charge in [0.15, 0.2) is 11.2 Å². The standard InChI is InChI=1S/C19H23Cl2N5O2.ClH/c1-5-25(6-2)9-10-26-15-17(23(3)19(28)24(4)18(15)27)22-16(26)12-7-8-13(20)14(21)11-12;/h7-8,11H,5-6,9-10H2,1-4H3;1H. The smallest absolute Gasteiger partial charge is 0.317 e. The predicted octanol–water partition coefficient (Wildman–Crippen LogP) is 3.17. The van der Waals surface area contributed by atoms with Crippen molar-refractivity contribution in [2.75, 3.05) is 19.6 Å². The van der Waals surface area contributed by atoms with E-state index in [-0.39, 0.29) is 18.0 Å². The van der Waals surface area contributed by atoms with Crippen LogP contribution >= 0.6 is 35.6 Å². The van der Waals surface area contributed by atoms with E-state index in [0.29, 0.717) is 33.6 Å². The van der Waals surface area contributed by atoms with Crippen LogP contribution in [0.2, 0.25) is 10.0 Å². The molecule has 0 spiro atoms. The van der Waals surface area contributed by atoms with Gasteiger partial charge in [-0.15, -0.1) is 12.4 Å². The van der Waals surface area contributed by atoms with E-state index in [2.05, 4.69) is 23.7 Å². The molecule has 158 valence electrons. The highest BCUT2D eigenvalue weighted by Gasteiger charge is 2.20. The number of aromatic nitrogens is 4. The minimum atomic E-state index is -0.411. The Morgan fingerprint density at radius 2 is 1.69 bits per heavy atom. The van der Waals surface area contributed by atoms with Crippen molar-refractivity contribution in [1.29, 1.82) is 0 Å². The van der Waals surface area contributed by atoms with Crippen molar-refractivity contribution in [2.45, 2.75) is 20.4 Å². The fourth-order valence-electron chi connectivity index (χ4n) is 3.30. The van der Waals surface area contributed by atoms with E-state index in [9.17, 15) is 9.59 Å². The first-order valence-electron chi connectivity index (χ1n) is 9.14. The molecule has 0 aliphatic rings. The summed E-state index contributed by atoms with van der Waals surface area (Å²) in [5.74, 6) is 0.582. The second-order valence-corrected chi connectivity index (χ2v) is 7.44. The van der Waals surface area contributed by atoms with Crippen molar-refractivity contribution in [3.63, 3.8) is 0 Å². The number of halogens is 3. The van der Waals surface area contributed by atoms with Crippen LogP contribution < -0.4 is 11.2 Å². The summed E-state index contributed by atoms with van der Waals surface area (Å²) >= 11 is 12.3. The zero-order chi connectivity index (χ0) is 20.6. The quantitative estimate of drug-likeness (QED) is 0.567. The minimum absolute atomic E-state index is 0. The number of hydrogen-bond acceptors (Lipinski definition) is 4. The molecule has 0 bridgehead atoms. The van der Waals surface area contributed by atoms with Crippen molar-refractivity contribution in [3.8, 4) is 11.4 Å². The highest BCUT2D eigenvalue weighted by Crippen LogP contribution is 2.29. The van der Waals surface area contributed by atoms with Gasteiger partial charge in [-0.05, 0) is 31.3 Å². The number of likely N-dealkylation sites (N-methyl/N-ethyl adjacent to an activating group) is 1. The first-order valence-corrected chi connectivity index (χ1v) is 9.89. The third-order valence-electron chi connectivity index (χ3n) is 5.06. The van der Waals surface area contributed by atoms with Crippen LogP contribution in [0.5, 0.6) is 0 Å². The maximum absolute atomic E-state index is 12.9. The molecule has 0 saturated heterocycles. The Bertz CT molecular complexity index is 1150. The summed E-state index contributed by atoms with van der Waals surface area (Å²) < 4.78 is 4.37. The monoisotopic (exact) mass is 459 g/mol.